The number of nitrogens with zero attached hydrogens (tertiary/aromatic N) is 1. The van der Waals surface area contributed by atoms with Crippen LogP contribution >= 0.6 is 15.9 Å². The van der Waals surface area contributed by atoms with E-state index in [9.17, 15) is 0 Å². The van der Waals surface area contributed by atoms with Crippen LogP contribution in [0.25, 0.3) is 22.2 Å². The maximum absolute atomic E-state index is 5.80. The maximum Gasteiger partial charge on any atom is 0.137 e. The van der Waals surface area contributed by atoms with E-state index in [1.165, 1.54) is 0 Å². The molecule has 0 aliphatic carbocycles. The van der Waals surface area contributed by atoms with E-state index in [1.807, 2.05) is 30.5 Å². The molecule has 0 unspecified atom stereocenters. The van der Waals surface area contributed by atoms with Crippen LogP contribution in [0.5, 0.6) is 0 Å². The van der Waals surface area contributed by atoms with E-state index in [1.54, 1.807) is 6.20 Å². The fourth-order valence-electron chi connectivity index (χ4n) is 1.92. The van der Waals surface area contributed by atoms with Crippen LogP contribution in [0, 0.1) is 0 Å². The molecular weight excluding hydrogens is 278 g/mol. The Bertz CT molecular complexity index is 688. The van der Waals surface area contributed by atoms with Crippen molar-refractivity contribution in [1.82, 2.24) is 9.97 Å². The van der Waals surface area contributed by atoms with Gasteiger partial charge in [-0.05, 0) is 39.7 Å². The minimum Gasteiger partial charge on any atom is -0.399 e. The van der Waals surface area contributed by atoms with E-state index in [4.69, 9.17) is 5.73 Å². The first-order chi connectivity index (χ1) is 8.24. The topological polar surface area (TPSA) is 54.7 Å². The zero-order valence-corrected chi connectivity index (χ0v) is 10.5. The molecule has 2 aromatic heterocycles. The summed E-state index contributed by atoms with van der Waals surface area (Å²) in [6.45, 7) is 0. The average Bonchev–Trinajstić information content (AvgIpc) is 2.71. The number of H-pyrrole nitrogens is 1. The number of benzene rings is 1. The number of fused-ring (bicyclic) bond motifs is 1. The SMILES string of the molecule is Nc1cccc(-c2c[nH]c3ncc(Br)cc23)c1. The van der Waals surface area contributed by atoms with Crippen LogP contribution in [-0.4, -0.2) is 9.97 Å². The van der Waals surface area contributed by atoms with Crippen LogP contribution in [0.4, 0.5) is 5.69 Å². The monoisotopic (exact) mass is 287 g/mol. The molecule has 0 fully saturated rings. The number of aromatic nitrogens is 2. The van der Waals surface area contributed by atoms with Gasteiger partial charge in [-0.15, -0.1) is 0 Å². The Morgan fingerprint density at radius 2 is 2.12 bits per heavy atom. The number of rotatable bonds is 1. The normalized spacial score (nSPS) is 10.9. The number of nitrogen functional groups attached to an aromatic ring is 1. The molecule has 3 rings (SSSR count). The Labute approximate surface area is 107 Å². The highest BCUT2D eigenvalue weighted by Crippen LogP contribution is 2.30. The molecule has 84 valence electrons. The zero-order chi connectivity index (χ0) is 11.8. The molecule has 3 aromatic rings. The summed E-state index contributed by atoms with van der Waals surface area (Å²) in [4.78, 5) is 7.48. The first-order valence-corrected chi connectivity index (χ1v) is 6.02. The molecule has 0 atom stereocenters. The van der Waals surface area contributed by atoms with Crippen molar-refractivity contribution < 1.29 is 0 Å². The lowest BCUT2D eigenvalue weighted by atomic mass is 10.1. The van der Waals surface area contributed by atoms with Gasteiger partial charge >= 0.3 is 0 Å². The van der Waals surface area contributed by atoms with Crippen LogP contribution in [0.2, 0.25) is 0 Å². The minimum absolute atomic E-state index is 0.764. The van der Waals surface area contributed by atoms with Crippen molar-refractivity contribution in [2.75, 3.05) is 5.73 Å². The van der Waals surface area contributed by atoms with Gasteiger partial charge in [0.1, 0.15) is 5.65 Å². The van der Waals surface area contributed by atoms with Crippen molar-refractivity contribution in [3.63, 3.8) is 0 Å². The van der Waals surface area contributed by atoms with Crippen LogP contribution in [-0.2, 0) is 0 Å². The predicted octanol–water partition coefficient (Wildman–Crippen LogP) is 3.57. The number of anilines is 1. The lowest BCUT2D eigenvalue weighted by Crippen LogP contribution is -1.84. The molecule has 0 aliphatic rings. The Morgan fingerprint density at radius 1 is 1.24 bits per heavy atom. The Kier molecular flexibility index (Phi) is 2.37. The summed E-state index contributed by atoms with van der Waals surface area (Å²) in [6.07, 6.45) is 3.74. The second-order valence-electron chi connectivity index (χ2n) is 3.88. The van der Waals surface area contributed by atoms with Crippen molar-refractivity contribution in [3.05, 3.63) is 47.2 Å². The number of hydrogen-bond donors (Lipinski definition) is 2. The zero-order valence-electron chi connectivity index (χ0n) is 8.94. The van der Waals surface area contributed by atoms with Gasteiger partial charge in [0, 0.05) is 33.5 Å². The van der Waals surface area contributed by atoms with E-state index < -0.39 is 0 Å². The summed E-state index contributed by atoms with van der Waals surface area (Å²) < 4.78 is 0.967. The highest BCUT2D eigenvalue weighted by molar-refractivity contribution is 9.10. The summed E-state index contributed by atoms with van der Waals surface area (Å²) in [5, 5.41) is 1.09. The third-order valence-electron chi connectivity index (χ3n) is 2.70. The Hall–Kier alpha value is -1.81. The maximum atomic E-state index is 5.80. The van der Waals surface area contributed by atoms with Crippen molar-refractivity contribution in [1.29, 1.82) is 0 Å². The van der Waals surface area contributed by atoms with Crippen molar-refractivity contribution in [2.45, 2.75) is 0 Å². The molecule has 17 heavy (non-hydrogen) atoms. The number of nitrogens with one attached hydrogen (secondary N) is 1. The van der Waals surface area contributed by atoms with Crippen LogP contribution in [0.15, 0.2) is 47.2 Å². The number of nitrogens with two attached hydrogens (primary N) is 1. The molecule has 0 aliphatic heterocycles. The molecule has 2 heterocycles. The Balaban J connectivity index is 2.27. The fourth-order valence-corrected chi connectivity index (χ4v) is 2.25. The summed E-state index contributed by atoms with van der Waals surface area (Å²) in [5.74, 6) is 0. The molecule has 3 nitrogen and oxygen atoms in total. The lowest BCUT2D eigenvalue weighted by Gasteiger charge is -2.01. The van der Waals surface area contributed by atoms with Crippen LogP contribution in [0.1, 0.15) is 0 Å². The van der Waals surface area contributed by atoms with Gasteiger partial charge in [-0.3, -0.25) is 0 Å². The number of hydrogen-bond acceptors (Lipinski definition) is 2. The molecule has 0 radical (unpaired) electrons. The fraction of sp³-hybridized carbons (Fsp3) is 0. The lowest BCUT2D eigenvalue weighted by molar-refractivity contribution is 1.31. The molecule has 0 amide bonds. The van der Waals surface area contributed by atoms with E-state index in [2.05, 4.69) is 32.0 Å². The molecule has 0 saturated carbocycles. The van der Waals surface area contributed by atoms with Gasteiger partial charge in [0.25, 0.3) is 0 Å². The summed E-state index contributed by atoms with van der Waals surface area (Å²) in [7, 11) is 0. The molecule has 0 spiro atoms. The average molecular weight is 288 g/mol. The van der Waals surface area contributed by atoms with Crippen LogP contribution in [0.3, 0.4) is 0 Å². The smallest absolute Gasteiger partial charge is 0.137 e. The Morgan fingerprint density at radius 3 is 2.94 bits per heavy atom. The molecule has 0 saturated heterocycles. The molecular formula is C13H10BrN3. The first kappa shape index (κ1) is 10.4. The minimum atomic E-state index is 0.764. The van der Waals surface area contributed by atoms with Gasteiger partial charge in [0.2, 0.25) is 0 Å². The number of pyridine rings is 1. The van der Waals surface area contributed by atoms with Crippen molar-refractivity contribution >= 4 is 32.7 Å². The van der Waals surface area contributed by atoms with Gasteiger partial charge in [-0.2, -0.15) is 0 Å². The van der Waals surface area contributed by atoms with Gasteiger partial charge < -0.3 is 10.7 Å². The molecule has 0 bridgehead atoms. The van der Waals surface area contributed by atoms with E-state index >= 15 is 0 Å². The van der Waals surface area contributed by atoms with Crippen molar-refractivity contribution in [2.24, 2.45) is 0 Å². The third-order valence-corrected chi connectivity index (χ3v) is 3.13. The first-order valence-electron chi connectivity index (χ1n) is 5.22. The summed E-state index contributed by atoms with van der Waals surface area (Å²) >= 11 is 3.44. The van der Waals surface area contributed by atoms with Gasteiger partial charge in [-0.25, -0.2) is 4.98 Å². The molecule has 3 N–H and O–H groups in total. The highest BCUT2D eigenvalue weighted by atomic mass is 79.9. The van der Waals surface area contributed by atoms with Crippen molar-refractivity contribution in [3.8, 4) is 11.1 Å². The second-order valence-corrected chi connectivity index (χ2v) is 4.79. The second kappa shape index (κ2) is 3.89. The van der Waals surface area contributed by atoms with E-state index in [-0.39, 0.29) is 0 Å². The standard InChI is InChI=1S/C13H10BrN3/c14-9-5-11-12(7-17-13(11)16-6-9)8-2-1-3-10(15)4-8/h1-7H,15H2,(H,16,17). The predicted molar refractivity (Wildman–Crippen MR) is 73.6 cm³/mol. The summed E-state index contributed by atoms with van der Waals surface area (Å²) in [5.41, 5.74) is 9.65. The van der Waals surface area contributed by atoms with E-state index in [0.29, 0.717) is 0 Å². The largest absolute Gasteiger partial charge is 0.399 e. The third kappa shape index (κ3) is 1.80. The number of halogens is 1. The molecule has 1 aromatic carbocycles. The van der Waals surface area contributed by atoms with E-state index in [0.717, 1.165) is 32.3 Å². The van der Waals surface area contributed by atoms with Gasteiger partial charge in [0.05, 0.1) is 0 Å². The quantitative estimate of drug-likeness (QED) is 0.672. The molecule has 4 heteroatoms. The van der Waals surface area contributed by atoms with Crippen LogP contribution < -0.4 is 5.73 Å². The number of aromatic amines is 1. The van der Waals surface area contributed by atoms with Gasteiger partial charge in [0.15, 0.2) is 0 Å². The van der Waals surface area contributed by atoms with Gasteiger partial charge in [-0.1, -0.05) is 12.1 Å². The highest BCUT2D eigenvalue weighted by Gasteiger charge is 2.07. The summed E-state index contributed by atoms with van der Waals surface area (Å²) in [6, 6.07) is 9.89.